The van der Waals surface area contributed by atoms with Gasteiger partial charge in [0, 0.05) is 74.3 Å². The predicted octanol–water partition coefficient (Wildman–Crippen LogP) is 4.68. The van der Waals surface area contributed by atoms with Crippen LogP contribution in [0.1, 0.15) is 45.1 Å². The molecule has 7 nitrogen and oxygen atoms in total. The Labute approximate surface area is 237 Å². The molecule has 214 valence electrons. The number of hydrogen-bond acceptors (Lipinski definition) is 6. The highest BCUT2D eigenvalue weighted by Gasteiger charge is 2.47. The number of nitrogens with zero attached hydrogens (tertiary/aromatic N) is 3. The molecule has 1 fully saturated rings. The lowest BCUT2D eigenvalue weighted by Crippen LogP contribution is -2.45. The number of likely N-dealkylation sites (N-methyl/N-ethyl adjacent to an activating group) is 1. The third-order valence-electron chi connectivity index (χ3n) is 7.33. The maximum Gasteiger partial charge on any atom is 0.275 e. The Morgan fingerprint density at radius 2 is 1.88 bits per heavy atom. The van der Waals surface area contributed by atoms with Crippen LogP contribution in [-0.4, -0.2) is 74.2 Å². The van der Waals surface area contributed by atoms with Crippen LogP contribution >= 0.6 is 0 Å². The van der Waals surface area contributed by atoms with E-state index < -0.39 is 17.6 Å². The Morgan fingerprint density at radius 1 is 1.07 bits per heavy atom. The van der Waals surface area contributed by atoms with E-state index in [1.54, 1.807) is 25.3 Å². The number of halogens is 3. The third-order valence-corrected chi connectivity index (χ3v) is 7.33. The Bertz CT molecular complexity index is 1480. The van der Waals surface area contributed by atoms with Crippen molar-refractivity contribution in [2.45, 2.75) is 18.4 Å². The molecule has 1 saturated heterocycles. The van der Waals surface area contributed by atoms with Crippen molar-refractivity contribution in [3.05, 3.63) is 88.5 Å². The second-order valence-electron chi connectivity index (χ2n) is 10.2. The van der Waals surface area contributed by atoms with Gasteiger partial charge in [-0.05, 0) is 49.0 Å². The lowest BCUT2D eigenvalue weighted by molar-refractivity contribution is -0.0257. The molecule has 2 aromatic carbocycles. The summed E-state index contributed by atoms with van der Waals surface area (Å²) in [6.45, 7) is 3.90. The van der Waals surface area contributed by atoms with Crippen LogP contribution in [0.4, 0.5) is 18.9 Å². The van der Waals surface area contributed by atoms with Crippen LogP contribution in [0.2, 0.25) is 0 Å². The molecule has 1 N–H and O–H groups in total. The summed E-state index contributed by atoms with van der Waals surface area (Å²) in [5, 5.41) is 2.68. The van der Waals surface area contributed by atoms with E-state index in [1.807, 2.05) is 7.05 Å². The van der Waals surface area contributed by atoms with E-state index in [1.165, 1.54) is 30.6 Å². The predicted molar refractivity (Wildman–Crippen MR) is 149 cm³/mol. The number of piperazine rings is 1. The number of carbonyl (C=O) groups excluding carboxylic acids is 1. The standard InChI is InChI=1S/C31H31F3N4O3/c1-37-9-11-38(12-10-37)29-18-31(33,34)27-17-24(6-7-26(27)29)36-30(39)23-5-8-28(32)22(16-23)4-3-21-15-25(20-35-19-21)41-14-13-40-2/h5-8,15-17,19-20,29H,9-14,18H2,1-2H3,(H,36,39). The summed E-state index contributed by atoms with van der Waals surface area (Å²) in [5.41, 5.74) is 1.45. The molecule has 1 amide bonds. The smallest absolute Gasteiger partial charge is 0.275 e. The maximum atomic E-state index is 15.1. The topological polar surface area (TPSA) is 66.9 Å². The van der Waals surface area contributed by atoms with Crippen molar-refractivity contribution < 1.29 is 27.4 Å². The van der Waals surface area contributed by atoms with Gasteiger partial charge in [-0.1, -0.05) is 17.9 Å². The molecule has 1 aromatic heterocycles. The first kappa shape index (κ1) is 28.6. The van der Waals surface area contributed by atoms with Gasteiger partial charge in [0.15, 0.2) is 0 Å². The quantitative estimate of drug-likeness (QED) is 0.332. The number of nitrogens with one attached hydrogen (secondary N) is 1. The molecular weight excluding hydrogens is 533 g/mol. The van der Waals surface area contributed by atoms with Gasteiger partial charge in [-0.15, -0.1) is 0 Å². The first-order valence-corrected chi connectivity index (χ1v) is 13.4. The molecule has 1 aliphatic heterocycles. The number of ether oxygens (including phenoxy) is 2. The number of amides is 1. The third kappa shape index (κ3) is 6.70. The number of alkyl halides is 2. The first-order chi connectivity index (χ1) is 19.7. The van der Waals surface area contributed by atoms with E-state index in [9.17, 15) is 9.18 Å². The van der Waals surface area contributed by atoms with Crippen molar-refractivity contribution in [2.24, 2.45) is 0 Å². The van der Waals surface area contributed by atoms with Gasteiger partial charge in [0.25, 0.3) is 11.8 Å². The summed E-state index contributed by atoms with van der Waals surface area (Å²) in [6, 6.07) is 9.79. The highest BCUT2D eigenvalue weighted by atomic mass is 19.3. The summed E-state index contributed by atoms with van der Waals surface area (Å²) in [5.74, 6) is 1.92. The normalized spacial score (nSPS) is 18.3. The second kappa shape index (κ2) is 12.3. The summed E-state index contributed by atoms with van der Waals surface area (Å²) in [6.07, 6.45) is 2.78. The molecule has 1 atom stereocenters. The summed E-state index contributed by atoms with van der Waals surface area (Å²) >= 11 is 0. The molecule has 41 heavy (non-hydrogen) atoms. The number of benzene rings is 2. The van der Waals surface area contributed by atoms with Gasteiger partial charge < -0.3 is 19.7 Å². The van der Waals surface area contributed by atoms with Gasteiger partial charge in [0.2, 0.25) is 0 Å². The molecule has 10 heteroatoms. The lowest BCUT2D eigenvalue weighted by Gasteiger charge is -2.36. The summed E-state index contributed by atoms with van der Waals surface area (Å²) in [7, 11) is 3.60. The molecule has 0 spiro atoms. The fraction of sp³-hybridized carbons (Fsp3) is 0.355. The van der Waals surface area contributed by atoms with Crippen LogP contribution in [-0.2, 0) is 10.7 Å². The van der Waals surface area contributed by atoms with Crippen LogP contribution < -0.4 is 10.1 Å². The Hall–Kier alpha value is -3.91. The van der Waals surface area contributed by atoms with Crippen molar-refractivity contribution in [2.75, 3.05) is 58.9 Å². The molecule has 0 saturated carbocycles. The van der Waals surface area contributed by atoms with Crippen LogP contribution in [0.25, 0.3) is 0 Å². The van der Waals surface area contributed by atoms with E-state index in [0.29, 0.717) is 30.1 Å². The molecular formula is C31H31F3N4O3. The van der Waals surface area contributed by atoms with Gasteiger partial charge in [0.05, 0.1) is 18.4 Å². The molecule has 0 radical (unpaired) electrons. The van der Waals surface area contributed by atoms with Gasteiger partial charge in [-0.2, -0.15) is 0 Å². The van der Waals surface area contributed by atoms with Gasteiger partial charge in [0.1, 0.15) is 18.2 Å². The number of carbonyl (C=O) groups is 1. The fourth-order valence-electron chi connectivity index (χ4n) is 5.08. The average molecular weight is 565 g/mol. The van der Waals surface area contributed by atoms with Crippen LogP contribution in [0, 0.1) is 17.7 Å². The first-order valence-electron chi connectivity index (χ1n) is 13.4. The monoisotopic (exact) mass is 564 g/mol. The van der Waals surface area contributed by atoms with Crippen molar-refractivity contribution in [3.63, 3.8) is 0 Å². The Kier molecular flexibility index (Phi) is 8.59. The summed E-state index contributed by atoms with van der Waals surface area (Å²) in [4.78, 5) is 21.4. The summed E-state index contributed by atoms with van der Waals surface area (Å²) < 4.78 is 55.1. The van der Waals surface area contributed by atoms with Crippen molar-refractivity contribution in [3.8, 4) is 17.6 Å². The van der Waals surface area contributed by atoms with E-state index in [2.05, 4.69) is 31.9 Å². The number of pyridine rings is 1. The van der Waals surface area contributed by atoms with Crippen molar-refractivity contribution in [1.82, 2.24) is 14.8 Å². The lowest BCUT2D eigenvalue weighted by atomic mass is 10.0. The second-order valence-corrected chi connectivity index (χ2v) is 10.2. The molecule has 2 heterocycles. The van der Waals surface area contributed by atoms with E-state index in [0.717, 1.165) is 32.2 Å². The minimum atomic E-state index is -3.00. The van der Waals surface area contributed by atoms with Crippen LogP contribution in [0.3, 0.4) is 0 Å². The largest absolute Gasteiger partial charge is 0.490 e. The SMILES string of the molecule is COCCOc1cncc(C#Cc2cc(C(=O)Nc3ccc4c(c3)C(F)(F)CC4N3CCN(C)CC3)ccc2F)c1. The maximum absolute atomic E-state index is 15.1. The molecule has 1 aliphatic carbocycles. The highest BCUT2D eigenvalue weighted by Crippen LogP contribution is 2.50. The number of fused-ring (bicyclic) bond motifs is 1. The molecule has 3 aromatic rings. The Balaban J connectivity index is 1.30. The van der Waals surface area contributed by atoms with Gasteiger partial charge in [-0.25, -0.2) is 13.2 Å². The van der Waals surface area contributed by atoms with Crippen LogP contribution in [0.5, 0.6) is 5.75 Å². The Morgan fingerprint density at radius 3 is 2.66 bits per heavy atom. The number of aromatic nitrogens is 1. The molecule has 5 rings (SSSR count). The molecule has 0 bridgehead atoms. The van der Waals surface area contributed by atoms with E-state index in [-0.39, 0.29) is 34.8 Å². The number of anilines is 1. The fourth-order valence-corrected chi connectivity index (χ4v) is 5.08. The number of rotatable bonds is 7. The minimum absolute atomic E-state index is 0.0128. The average Bonchev–Trinajstić information content (AvgIpc) is 3.23. The zero-order valence-electron chi connectivity index (χ0n) is 22.9. The zero-order chi connectivity index (χ0) is 29.0. The van der Waals surface area contributed by atoms with Crippen molar-refractivity contribution >= 4 is 11.6 Å². The van der Waals surface area contributed by atoms with E-state index >= 15 is 8.78 Å². The number of hydrogen-bond donors (Lipinski definition) is 1. The van der Waals surface area contributed by atoms with Gasteiger partial charge in [-0.3, -0.25) is 14.7 Å². The van der Waals surface area contributed by atoms with Crippen molar-refractivity contribution in [1.29, 1.82) is 0 Å². The minimum Gasteiger partial charge on any atom is -0.490 e. The molecule has 1 unspecified atom stereocenters. The zero-order valence-corrected chi connectivity index (χ0v) is 22.9. The molecule has 2 aliphatic rings. The number of methoxy groups -OCH3 is 1. The highest BCUT2D eigenvalue weighted by molar-refractivity contribution is 6.04. The van der Waals surface area contributed by atoms with Gasteiger partial charge >= 0.3 is 0 Å². The van der Waals surface area contributed by atoms with Crippen LogP contribution in [0.15, 0.2) is 54.9 Å². The van der Waals surface area contributed by atoms with E-state index in [4.69, 9.17) is 9.47 Å².